The second kappa shape index (κ2) is 10.1. The van der Waals surface area contributed by atoms with Gasteiger partial charge in [-0.3, -0.25) is 4.79 Å². The van der Waals surface area contributed by atoms with Gasteiger partial charge >= 0.3 is 6.18 Å². The largest absolute Gasteiger partial charge is 0.419 e. The lowest BCUT2D eigenvalue weighted by Gasteiger charge is -2.35. The Kier molecular flexibility index (Phi) is 7.11. The summed E-state index contributed by atoms with van der Waals surface area (Å²) in [5.74, 6) is 0.112. The zero-order valence-electron chi connectivity index (χ0n) is 19.6. The number of halogens is 4. The van der Waals surface area contributed by atoms with Crippen LogP contribution in [0.25, 0.3) is 11.0 Å². The van der Waals surface area contributed by atoms with Crippen molar-refractivity contribution in [2.24, 2.45) is 7.05 Å². The molecule has 0 bridgehead atoms. The van der Waals surface area contributed by atoms with E-state index in [-0.39, 0.29) is 31.4 Å². The zero-order valence-corrected chi connectivity index (χ0v) is 19.6. The number of alkyl halides is 4. The van der Waals surface area contributed by atoms with Crippen LogP contribution in [-0.4, -0.2) is 57.8 Å². The second-order valence-corrected chi connectivity index (χ2v) is 8.47. The van der Waals surface area contributed by atoms with E-state index in [1.807, 2.05) is 10.6 Å². The van der Waals surface area contributed by atoms with E-state index in [9.17, 15) is 22.4 Å². The van der Waals surface area contributed by atoms with Crippen molar-refractivity contribution in [3.05, 3.63) is 48.3 Å². The maximum Gasteiger partial charge on any atom is 0.419 e. The Hall–Kier alpha value is -3.74. The molecule has 4 rings (SSSR count). The monoisotopic (exact) mass is 507 g/mol. The van der Waals surface area contributed by atoms with Crippen LogP contribution in [0, 0.1) is 0 Å². The summed E-state index contributed by atoms with van der Waals surface area (Å²) in [5, 5.41) is 5.67. The molecular weight excluding hydrogens is 482 g/mol. The van der Waals surface area contributed by atoms with Crippen LogP contribution in [0.5, 0.6) is 0 Å². The van der Waals surface area contributed by atoms with Crippen molar-refractivity contribution < 1.29 is 27.1 Å². The number of nitrogens with zero attached hydrogens (tertiary/aromatic N) is 5. The number of piperidine rings is 1. The van der Waals surface area contributed by atoms with Crippen LogP contribution in [0.4, 0.5) is 35.1 Å². The van der Waals surface area contributed by atoms with Gasteiger partial charge in [-0.15, -0.1) is 0 Å². The first-order chi connectivity index (χ1) is 17.1. The summed E-state index contributed by atoms with van der Waals surface area (Å²) >= 11 is 0. The number of hydrogen-bond acceptors (Lipinski definition) is 7. The van der Waals surface area contributed by atoms with Crippen molar-refractivity contribution in [1.82, 2.24) is 19.5 Å². The van der Waals surface area contributed by atoms with Gasteiger partial charge in [-0.25, -0.2) is 19.3 Å². The number of amides is 1. The Morgan fingerprint density at radius 2 is 2.00 bits per heavy atom. The highest BCUT2D eigenvalue weighted by Crippen LogP contribution is 2.31. The molecule has 1 aliphatic rings. The topological polar surface area (TPSA) is 97.2 Å². The van der Waals surface area contributed by atoms with Gasteiger partial charge in [-0.2, -0.15) is 13.2 Å². The lowest BCUT2D eigenvalue weighted by molar-refractivity contribution is -0.138. The summed E-state index contributed by atoms with van der Waals surface area (Å²) in [7, 11) is 3.34. The Labute approximate surface area is 204 Å². The number of hydrogen-bond donors (Lipinski definition) is 2. The first kappa shape index (κ1) is 25.4. The van der Waals surface area contributed by atoms with Crippen LogP contribution in [0.2, 0.25) is 0 Å². The van der Waals surface area contributed by atoms with Gasteiger partial charge in [-0.05, 0) is 18.2 Å². The molecule has 36 heavy (non-hydrogen) atoms. The molecule has 2 N–H and O–H groups in total. The van der Waals surface area contributed by atoms with Gasteiger partial charge in [-0.1, -0.05) is 6.58 Å². The second-order valence-electron chi connectivity index (χ2n) is 8.47. The molecule has 0 spiro atoms. The molecule has 3 heterocycles. The molecule has 0 radical (unpaired) electrons. The van der Waals surface area contributed by atoms with Crippen molar-refractivity contribution >= 4 is 34.5 Å². The maximum atomic E-state index is 14.7. The molecule has 1 saturated heterocycles. The number of ether oxygens (including phenoxy) is 1. The molecule has 192 valence electrons. The van der Waals surface area contributed by atoms with Gasteiger partial charge in [0.25, 0.3) is 0 Å². The molecule has 0 aliphatic carbocycles. The predicted molar refractivity (Wildman–Crippen MR) is 126 cm³/mol. The minimum absolute atomic E-state index is 0.0149. The number of rotatable bonds is 7. The predicted octanol–water partition coefficient (Wildman–Crippen LogP) is 3.68. The molecular formula is C23H25F4N7O2. The lowest BCUT2D eigenvalue weighted by Crippen LogP contribution is -2.48. The molecule has 2 atom stereocenters. The van der Waals surface area contributed by atoms with E-state index in [1.54, 1.807) is 25.1 Å². The number of methoxy groups -OCH3 is 1. The molecule has 1 fully saturated rings. The average molecular weight is 507 g/mol. The van der Waals surface area contributed by atoms with Crippen LogP contribution in [-0.2, 0) is 29.4 Å². The molecule has 1 aliphatic heterocycles. The number of anilines is 3. The van der Waals surface area contributed by atoms with Crippen molar-refractivity contribution in [2.45, 2.75) is 31.4 Å². The Bertz CT molecular complexity index is 1260. The van der Waals surface area contributed by atoms with Gasteiger partial charge in [0.15, 0.2) is 0 Å². The first-order valence-electron chi connectivity index (χ1n) is 11.1. The molecule has 9 nitrogen and oxygen atoms in total. The third-order valence-corrected chi connectivity index (χ3v) is 5.82. The van der Waals surface area contributed by atoms with Crippen LogP contribution in [0.1, 0.15) is 17.5 Å². The zero-order chi connectivity index (χ0) is 26.0. The van der Waals surface area contributed by atoms with E-state index in [0.29, 0.717) is 36.1 Å². The first-order valence-corrected chi connectivity index (χ1v) is 11.1. The molecule has 1 amide bonds. The van der Waals surface area contributed by atoms with E-state index in [2.05, 4.69) is 32.2 Å². The molecule has 0 unspecified atom stereocenters. The molecule has 0 saturated carbocycles. The van der Waals surface area contributed by atoms with E-state index in [1.165, 1.54) is 0 Å². The summed E-state index contributed by atoms with van der Waals surface area (Å²) in [6.45, 7) is 4.13. The summed E-state index contributed by atoms with van der Waals surface area (Å²) in [4.78, 5) is 25.7. The maximum absolute atomic E-state index is 14.7. The Morgan fingerprint density at radius 3 is 2.64 bits per heavy atom. The summed E-state index contributed by atoms with van der Waals surface area (Å²) in [5.41, 5.74) is 1.64. The van der Waals surface area contributed by atoms with Gasteiger partial charge in [0, 0.05) is 56.8 Å². The summed E-state index contributed by atoms with van der Waals surface area (Å²) < 4.78 is 60.1. The van der Waals surface area contributed by atoms with Gasteiger partial charge in [0.2, 0.25) is 17.8 Å². The van der Waals surface area contributed by atoms with E-state index < -0.39 is 24.0 Å². The smallest absolute Gasteiger partial charge is 0.380 e. The molecule has 2 aromatic heterocycles. The Morgan fingerprint density at radius 1 is 1.28 bits per heavy atom. The fraction of sp³-hybridized carbons (Fsp3) is 0.391. The van der Waals surface area contributed by atoms with Crippen molar-refractivity contribution in [3.8, 4) is 0 Å². The van der Waals surface area contributed by atoms with Crippen LogP contribution < -0.4 is 15.5 Å². The number of aromatic nitrogens is 4. The van der Waals surface area contributed by atoms with Crippen LogP contribution in [0.3, 0.4) is 0 Å². The van der Waals surface area contributed by atoms with Crippen LogP contribution in [0.15, 0.2) is 37.2 Å². The SMILES string of the molecule is C=CC(=O)Nc1cc2nc(N3C[C@H](F)C[C@@H](Nc4ncc(C(F)(F)F)cn4)C3)n(C)c2cc1COC. The number of nitrogens with one attached hydrogen (secondary N) is 2. The summed E-state index contributed by atoms with van der Waals surface area (Å²) in [6.07, 6.45) is -3.07. The normalized spacial score (nSPS) is 18.3. The summed E-state index contributed by atoms with van der Waals surface area (Å²) in [6, 6.07) is 3.10. The Balaban J connectivity index is 1.59. The number of carbonyl (C=O) groups excluding carboxylic acids is 1. The molecule has 3 aromatic rings. The minimum Gasteiger partial charge on any atom is -0.380 e. The highest BCUT2D eigenvalue weighted by atomic mass is 19.4. The number of imidazole rings is 1. The lowest BCUT2D eigenvalue weighted by atomic mass is 10.0. The van der Waals surface area contributed by atoms with Crippen molar-refractivity contribution in [3.63, 3.8) is 0 Å². The highest BCUT2D eigenvalue weighted by Gasteiger charge is 2.33. The standard InChI is InChI=1S/C23H25F4N7O2/c1-4-20(35)31-17-7-18-19(5-13(17)12-36-3)33(2)22(32-18)34-10-15(24)6-16(11-34)30-21-28-8-14(9-29-21)23(25,26)27/h4-5,7-9,15-16H,1,6,10-12H2,2-3H3,(H,31,35)(H,28,29,30)/t15-,16-/m1/s1. The third-order valence-electron chi connectivity index (χ3n) is 5.82. The third kappa shape index (κ3) is 5.40. The van der Waals surface area contributed by atoms with Crippen molar-refractivity contribution in [2.75, 3.05) is 35.7 Å². The van der Waals surface area contributed by atoms with Gasteiger partial charge < -0.3 is 24.8 Å². The fourth-order valence-electron chi connectivity index (χ4n) is 4.16. The van der Waals surface area contributed by atoms with E-state index >= 15 is 0 Å². The number of benzene rings is 1. The van der Waals surface area contributed by atoms with Gasteiger partial charge in [0.1, 0.15) is 6.17 Å². The quantitative estimate of drug-likeness (QED) is 0.372. The molecule has 1 aromatic carbocycles. The highest BCUT2D eigenvalue weighted by molar-refractivity contribution is 6.01. The number of fused-ring (bicyclic) bond motifs is 1. The minimum atomic E-state index is -4.54. The number of carbonyl (C=O) groups is 1. The number of aryl methyl sites for hydroxylation is 1. The average Bonchev–Trinajstić information content (AvgIpc) is 3.14. The molecule has 13 heteroatoms. The fourth-order valence-corrected chi connectivity index (χ4v) is 4.16. The van der Waals surface area contributed by atoms with E-state index in [0.717, 1.165) is 17.2 Å². The van der Waals surface area contributed by atoms with Crippen molar-refractivity contribution in [1.29, 1.82) is 0 Å². The van der Waals surface area contributed by atoms with Gasteiger partial charge in [0.05, 0.1) is 29.7 Å². The van der Waals surface area contributed by atoms with E-state index in [4.69, 9.17) is 4.74 Å². The van der Waals surface area contributed by atoms with Crippen LogP contribution >= 0.6 is 0 Å².